The molecule has 110 valence electrons. The Balaban J connectivity index is 3.02. The highest BCUT2D eigenvalue weighted by molar-refractivity contribution is 5.98. The lowest BCUT2D eigenvalue weighted by Crippen LogP contribution is -2.37. The van der Waals surface area contributed by atoms with Gasteiger partial charge in [0.05, 0.1) is 11.5 Å². The van der Waals surface area contributed by atoms with Crippen LogP contribution in [0.3, 0.4) is 0 Å². The van der Waals surface area contributed by atoms with Crippen molar-refractivity contribution >= 4 is 11.6 Å². The fraction of sp³-hybridized carbons (Fsp3) is 0.500. The smallest absolute Gasteiger partial charge is 0.282 e. The van der Waals surface area contributed by atoms with Crippen LogP contribution in [0.2, 0.25) is 0 Å². The van der Waals surface area contributed by atoms with Gasteiger partial charge < -0.3 is 9.64 Å². The van der Waals surface area contributed by atoms with Crippen LogP contribution in [-0.2, 0) is 4.74 Å². The van der Waals surface area contributed by atoms with Gasteiger partial charge in [0.25, 0.3) is 11.6 Å². The van der Waals surface area contributed by atoms with Crippen LogP contribution in [0.5, 0.6) is 0 Å². The minimum Gasteiger partial charge on any atom is -0.383 e. The Labute approximate surface area is 118 Å². The third-order valence-electron chi connectivity index (χ3n) is 2.77. The van der Waals surface area contributed by atoms with E-state index < -0.39 is 4.92 Å². The second kappa shape index (κ2) is 7.59. The number of carbonyl (C=O) groups is 1. The van der Waals surface area contributed by atoms with Gasteiger partial charge in [-0.15, -0.1) is 0 Å². The zero-order valence-corrected chi connectivity index (χ0v) is 12.0. The number of amides is 1. The number of benzene rings is 1. The Morgan fingerprint density at radius 2 is 2.05 bits per heavy atom. The number of ether oxygens (including phenoxy) is 1. The number of nitro benzene ring substituents is 1. The summed E-state index contributed by atoms with van der Waals surface area (Å²) in [5.74, 6) is -0.0541. The molecule has 0 saturated carbocycles. The topological polar surface area (TPSA) is 72.7 Å². The third-order valence-corrected chi connectivity index (χ3v) is 2.77. The van der Waals surface area contributed by atoms with E-state index in [0.29, 0.717) is 19.7 Å². The Hall–Kier alpha value is -1.95. The number of nitro groups is 1. The first-order chi connectivity index (χ1) is 9.47. The second-order valence-electron chi connectivity index (χ2n) is 4.91. The molecule has 0 atom stereocenters. The van der Waals surface area contributed by atoms with Gasteiger partial charge >= 0.3 is 0 Å². The molecule has 0 unspecified atom stereocenters. The number of para-hydroxylation sites is 1. The fourth-order valence-corrected chi connectivity index (χ4v) is 1.90. The molecule has 0 radical (unpaired) electrons. The maximum atomic E-state index is 12.5. The van der Waals surface area contributed by atoms with Crippen LogP contribution >= 0.6 is 0 Å². The third kappa shape index (κ3) is 4.31. The van der Waals surface area contributed by atoms with E-state index >= 15 is 0 Å². The summed E-state index contributed by atoms with van der Waals surface area (Å²) in [5, 5.41) is 11.0. The molecule has 1 aromatic carbocycles. The zero-order valence-electron chi connectivity index (χ0n) is 12.0. The predicted octanol–water partition coefficient (Wildman–Crippen LogP) is 2.34. The molecule has 0 bridgehead atoms. The van der Waals surface area contributed by atoms with Crippen molar-refractivity contribution in [2.45, 2.75) is 13.8 Å². The van der Waals surface area contributed by atoms with Gasteiger partial charge in [-0.3, -0.25) is 14.9 Å². The summed E-state index contributed by atoms with van der Waals surface area (Å²) in [6.07, 6.45) is 0. The highest BCUT2D eigenvalue weighted by atomic mass is 16.6. The standard InChI is InChI=1S/C14H20N2O4/c1-11(2)10-15(8-9-20-3)14(17)12-6-4-5-7-13(12)16(18)19/h4-7,11H,8-10H2,1-3H3. The summed E-state index contributed by atoms with van der Waals surface area (Å²) in [6.45, 7) is 5.34. The summed E-state index contributed by atoms with van der Waals surface area (Å²) >= 11 is 0. The SMILES string of the molecule is COCCN(CC(C)C)C(=O)c1ccccc1[N+](=O)[O-]. The Bertz CT molecular complexity index is 474. The van der Waals surface area contributed by atoms with Gasteiger partial charge in [-0.2, -0.15) is 0 Å². The summed E-state index contributed by atoms with van der Waals surface area (Å²) in [5.41, 5.74) is -0.0436. The number of nitrogens with zero attached hydrogens (tertiary/aromatic N) is 2. The van der Waals surface area contributed by atoms with E-state index in [1.165, 1.54) is 12.1 Å². The quantitative estimate of drug-likeness (QED) is 0.567. The van der Waals surface area contributed by atoms with Crippen molar-refractivity contribution in [1.29, 1.82) is 0 Å². The first kappa shape index (κ1) is 16.1. The second-order valence-corrected chi connectivity index (χ2v) is 4.91. The van der Waals surface area contributed by atoms with Gasteiger partial charge in [0, 0.05) is 26.3 Å². The zero-order chi connectivity index (χ0) is 15.1. The van der Waals surface area contributed by atoms with Gasteiger partial charge in [0.2, 0.25) is 0 Å². The molecule has 0 aliphatic carbocycles. The minimum absolute atomic E-state index is 0.120. The predicted molar refractivity (Wildman–Crippen MR) is 75.7 cm³/mol. The Morgan fingerprint density at radius 1 is 1.40 bits per heavy atom. The van der Waals surface area contributed by atoms with Crippen molar-refractivity contribution in [3.05, 3.63) is 39.9 Å². The van der Waals surface area contributed by atoms with E-state index in [2.05, 4.69) is 0 Å². The molecule has 20 heavy (non-hydrogen) atoms. The van der Waals surface area contributed by atoms with Gasteiger partial charge in [-0.25, -0.2) is 0 Å². The van der Waals surface area contributed by atoms with Gasteiger partial charge in [-0.05, 0) is 12.0 Å². The van der Waals surface area contributed by atoms with Crippen molar-refractivity contribution in [1.82, 2.24) is 4.90 Å². The van der Waals surface area contributed by atoms with Crippen molar-refractivity contribution in [2.24, 2.45) is 5.92 Å². The van der Waals surface area contributed by atoms with E-state index in [9.17, 15) is 14.9 Å². The molecule has 0 saturated heterocycles. The number of methoxy groups -OCH3 is 1. The molecule has 0 fully saturated rings. The van der Waals surface area contributed by atoms with Crippen molar-refractivity contribution in [3.8, 4) is 0 Å². The fourth-order valence-electron chi connectivity index (χ4n) is 1.90. The lowest BCUT2D eigenvalue weighted by molar-refractivity contribution is -0.385. The maximum absolute atomic E-state index is 12.5. The monoisotopic (exact) mass is 280 g/mol. The molecule has 0 aromatic heterocycles. The van der Waals surface area contributed by atoms with Crippen LogP contribution in [0.1, 0.15) is 24.2 Å². The van der Waals surface area contributed by atoms with E-state index in [4.69, 9.17) is 4.74 Å². The lowest BCUT2D eigenvalue weighted by Gasteiger charge is -2.24. The molecule has 1 aromatic rings. The molecule has 6 nitrogen and oxygen atoms in total. The molecule has 0 heterocycles. The van der Waals surface area contributed by atoms with E-state index in [1.807, 2.05) is 13.8 Å². The molecule has 1 amide bonds. The van der Waals surface area contributed by atoms with Gasteiger partial charge in [-0.1, -0.05) is 26.0 Å². The largest absolute Gasteiger partial charge is 0.383 e. The summed E-state index contributed by atoms with van der Waals surface area (Å²) in [4.78, 5) is 24.5. The number of hydrogen-bond donors (Lipinski definition) is 0. The normalized spacial score (nSPS) is 10.6. The number of rotatable bonds is 7. The lowest BCUT2D eigenvalue weighted by atomic mass is 10.1. The average Bonchev–Trinajstić information content (AvgIpc) is 2.42. The van der Waals surface area contributed by atoms with Gasteiger partial charge in [0.1, 0.15) is 5.56 Å². The van der Waals surface area contributed by atoms with Crippen LogP contribution in [0.25, 0.3) is 0 Å². The molecule has 6 heteroatoms. The number of carbonyl (C=O) groups excluding carboxylic acids is 1. The highest BCUT2D eigenvalue weighted by Crippen LogP contribution is 2.20. The van der Waals surface area contributed by atoms with Crippen LogP contribution in [0.4, 0.5) is 5.69 Å². The van der Waals surface area contributed by atoms with Crippen molar-refractivity contribution in [3.63, 3.8) is 0 Å². The number of hydrogen-bond acceptors (Lipinski definition) is 4. The molecular weight excluding hydrogens is 260 g/mol. The molecule has 0 aliphatic heterocycles. The molecule has 0 aliphatic rings. The Kier molecular flexibility index (Phi) is 6.11. The van der Waals surface area contributed by atoms with E-state index in [0.717, 1.165) is 0 Å². The average molecular weight is 280 g/mol. The van der Waals surface area contributed by atoms with Crippen LogP contribution in [0.15, 0.2) is 24.3 Å². The summed E-state index contributed by atoms with van der Waals surface area (Å²) in [7, 11) is 1.56. The minimum atomic E-state index is -0.531. The molecule has 1 rings (SSSR count). The maximum Gasteiger partial charge on any atom is 0.282 e. The van der Waals surface area contributed by atoms with Crippen LogP contribution in [-0.4, -0.2) is 42.5 Å². The first-order valence-electron chi connectivity index (χ1n) is 6.49. The molecular formula is C14H20N2O4. The highest BCUT2D eigenvalue weighted by Gasteiger charge is 2.24. The van der Waals surface area contributed by atoms with E-state index in [1.54, 1.807) is 24.1 Å². The van der Waals surface area contributed by atoms with Crippen LogP contribution in [0, 0.1) is 16.0 Å². The molecule has 0 N–H and O–H groups in total. The summed E-state index contributed by atoms with van der Waals surface area (Å²) < 4.78 is 4.99. The van der Waals surface area contributed by atoms with Crippen molar-refractivity contribution < 1.29 is 14.5 Å². The first-order valence-corrected chi connectivity index (χ1v) is 6.49. The van der Waals surface area contributed by atoms with E-state index in [-0.39, 0.29) is 23.1 Å². The van der Waals surface area contributed by atoms with Gasteiger partial charge in [0.15, 0.2) is 0 Å². The molecule has 0 spiro atoms. The van der Waals surface area contributed by atoms with Crippen LogP contribution < -0.4 is 0 Å². The Morgan fingerprint density at radius 3 is 2.60 bits per heavy atom. The van der Waals surface area contributed by atoms with Crippen molar-refractivity contribution in [2.75, 3.05) is 26.8 Å². The summed E-state index contributed by atoms with van der Waals surface area (Å²) in [6, 6.07) is 6.01.